The smallest absolute Gasteiger partial charge is 0.157 e. The zero-order valence-electron chi connectivity index (χ0n) is 14.9. The van der Waals surface area contributed by atoms with Gasteiger partial charge in [-0.05, 0) is 44.7 Å². The van der Waals surface area contributed by atoms with Crippen molar-refractivity contribution in [2.24, 2.45) is 0 Å². The summed E-state index contributed by atoms with van der Waals surface area (Å²) in [6.07, 6.45) is 6.51. The number of rotatable bonds is 7. The van der Waals surface area contributed by atoms with E-state index in [1.165, 1.54) is 18.5 Å². The standard InChI is InChI=1S/C19H31N3O2/c1-17(18-7-2-4-9-20-18)22-13-11-21(12-14-22)10-6-16-24-19-8-3-5-15-23-19/h2,4,7,9,17,19H,3,5-6,8,10-16H2,1H3/t17-,19-/m0/s1. The Morgan fingerprint density at radius 3 is 2.83 bits per heavy atom. The van der Waals surface area contributed by atoms with Gasteiger partial charge in [0.05, 0.1) is 12.3 Å². The van der Waals surface area contributed by atoms with Gasteiger partial charge in [0.15, 0.2) is 6.29 Å². The third kappa shape index (κ3) is 5.24. The quantitative estimate of drug-likeness (QED) is 0.717. The molecule has 1 aromatic heterocycles. The molecular formula is C19H31N3O2. The van der Waals surface area contributed by atoms with Crippen LogP contribution in [-0.2, 0) is 9.47 Å². The lowest BCUT2D eigenvalue weighted by molar-refractivity contribution is -0.163. The molecule has 2 fully saturated rings. The van der Waals surface area contributed by atoms with Gasteiger partial charge < -0.3 is 14.4 Å². The Balaban J connectivity index is 1.30. The van der Waals surface area contributed by atoms with Crippen molar-refractivity contribution in [3.8, 4) is 0 Å². The van der Waals surface area contributed by atoms with Crippen LogP contribution in [0.15, 0.2) is 24.4 Å². The molecule has 24 heavy (non-hydrogen) atoms. The molecule has 2 aliphatic heterocycles. The second-order valence-electron chi connectivity index (χ2n) is 6.83. The number of aromatic nitrogens is 1. The molecule has 0 amide bonds. The number of ether oxygens (including phenoxy) is 2. The summed E-state index contributed by atoms with van der Waals surface area (Å²) < 4.78 is 11.4. The molecule has 0 aromatic carbocycles. The van der Waals surface area contributed by atoms with E-state index < -0.39 is 0 Å². The van der Waals surface area contributed by atoms with E-state index in [1.54, 1.807) is 0 Å². The molecule has 134 valence electrons. The minimum absolute atomic E-state index is 0.0508. The SMILES string of the molecule is C[C@@H](c1ccccn1)N1CCN(CCCO[C@H]2CCCCO2)CC1. The second kappa shape index (κ2) is 9.47. The molecule has 3 rings (SSSR count). The van der Waals surface area contributed by atoms with E-state index in [4.69, 9.17) is 9.47 Å². The molecule has 2 saturated heterocycles. The Hall–Kier alpha value is -1.01. The molecular weight excluding hydrogens is 302 g/mol. The van der Waals surface area contributed by atoms with E-state index in [-0.39, 0.29) is 6.29 Å². The average molecular weight is 333 g/mol. The predicted molar refractivity (Wildman–Crippen MR) is 94.8 cm³/mol. The predicted octanol–water partition coefficient (Wildman–Crippen LogP) is 2.69. The van der Waals surface area contributed by atoms with E-state index in [9.17, 15) is 0 Å². The summed E-state index contributed by atoms with van der Waals surface area (Å²) in [5.74, 6) is 0. The highest BCUT2D eigenvalue weighted by Gasteiger charge is 2.22. The molecule has 0 bridgehead atoms. The van der Waals surface area contributed by atoms with E-state index in [2.05, 4.69) is 33.8 Å². The molecule has 0 spiro atoms. The first-order valence-corrected chi connectivity index (χ1v) is 9.43. The number of hydrogen-bond donors (Lipinski definition) is 0. The lowest BCUT2D eigenvalue weighted by atomic mass is 10.1. The van der Waals surface area contributed by atoms with Gasteiger partial charge >= 0.3 is 0 Å². The van der Waals surface area contributed by atoms with Crippen LogP contribution in [0.5, 0.6) is 0 Å². The Labute approximate surface area is 145 Å². The maximum Gasteiger partial charge on any atom is 0.157 e. The number of piperazine rings is 1. The van der Waals surface area contributed by atoms with Crippen LogP contribution in [0.25, 0.3) is 0 Å². The highest BCUT2D eigenvalue weighted by Crippen LogP contribution is 2.19. The van der Waals surface area contributed by atoms with Crippen LogP contribution in [0, 0.1) is 0 Å². The first-order valence-electron chi connectivity index (χ1n) is 9.43. The lowest BCUT2D eigenvalue weighted by Crippen LogP contribution is -2.47. The third-order valence-electron chi connectivity index (χ3n) is 5.13. The monoisotopic (exact) mass is 333 g/mol. The Morgan fingerprint density at radius 1 is 1.25 bits per heavy atom. The molecule has 5 nitrogen and oxygen atoms in total. The van der Waals surface area contributed by atoms with Crippen molar-refractivity contribution < 1.29 is 9.47 Å². The van der Waals surface area contributed by atoms with Crippen molar-refractivity contribution in [2.45, 2.75) is 44.9 Å². The summed E-state index contributed by atoms with van der Waals surface area (Å²) in [4.78, 5) is 9.58. The van der Waals surface area contributed by atoms with Gasteiger partial charge in [0.2, 0.25) is 0 Å². The van der Waals surface area contributed by atoms with Crippen LogP contribution in [0.4, 0.5) is 0 Å². The summed E-state index contributed by atoms with van der Waals surface area (Å²) in [7, 11) is 0. The highest BCUT2D eigenvalue weighted by atomic mass is 16.7. The van der Waals surface area contributed by atoms with Crippen LogP contribution in [-0.4, -0.2) is 67.0 Å². The molecule has 0 unspecified atom stereocenters. The van der Waals surface area contributed by atoms with Gasteiger partial charge in [-0.2, -0.15) is 0 Å². The normalized spacial score (nSPS) is 24.8. The highest BCUT2D eigenvalue weighted by molar-refractivity contribution is 5.08. The lowest BCUT2D eigenvalue weighted by Gasteiger charge is -2.37. The minimum atomic E-state index is 0.0508. The summed E-state index contributed by atoms with van der Waals surface area (Å²) in [6, 6.07) is 6.58. The van der Waals surface area contributed by atoms with Crippen molar-refractivity contribution in [2.75, 3.05) is 45.9 Å². The first-order chi connectivity index (χ1) is 11.8. The summed E-state index contributed by atoms with van der Waals surface area (Å²) in [5, 5.41) is 0. The van der Waals surface area contributed by atoms with E-state index in [0.717, 1.165) is 58.8 Å². The zero-order valence-corrected chi connectivity index (χ0v) is 14.9. The van der Waals surface area contributed by atoms with Crippen LogP contribution in [0.2, 0.25) is 0 Å². The van der Waals surface area contributed by atoms with Crippen molar-refractivity contribution in [3.63, 3.8) is 0 Å². The third-order valence-corrected chi connectivity index (χ3v) is 5.13. The van der Waals surface area contributed by atoms with E-state index in [0.29, 0.717) is 6.04 Å². The van der Waals surface area contributed by atoms with Gasteiger partial charge in [-0.3, -0.25) is 9.88 Å². The van der Waals surface area contributed by atoms with Gasteiger partial charge in [-0.25, -0.2) is 0 Å². The van der Waals surface area contributed by atoms with E-state index in [1.807, 2.05) is 12.3 Å². The molecule has 3 heterocycles. The van der Waals surface area contributed by atoms with Gasteiger partial charge in [0.1, 0.15) is 0 Å². The minimum Gasteiger partial charge on any atom is -0.353 e. The fraction of sp³-hybridized carbons (Fsp3) is 0.737. The summed E-state index contributed by atoms with van der Waals surface area (Å²) >= 11 is 0. The molecule has 0 N–H and O–H groups in total. The molecule has 0 saturated carbocycles. The topological polar surface area (TPSA) is 37.8 Å². The van der Waals surface area contributed by atoms with Crippen molar-refractivity contribution in [3.05, 3.63) is 30.1 Å². The second-order valence-corrected chi connectivity index (χ2v) is 6.83. The maximum absolute atomic E-state index is 5.82. The maximum atomic E-state index is 5.82. The van der Waals surface area contributed by atoms with Crippen LogP contribution < -0.4 is 0 Å². The van der Waals surface area contributed by atoms with Crippen molar-refractivity contribution >= 4 is 0 Å². The number of nitrogens with zero attached hydrogens (tertiary/aromatic N) is 3. The Kier molecular flexibility index (Phi) is 7.02. The van der Waals surface area contributed by atoms with Gasteiger partial charge in [0.25, 0.3) is 0 Å². The molecule has 0 aliphatic carbocycles. The molecule has 2 aliphatic rings. The average Bonchev–Trinajstić information content (AvgIpc) is 2.67. The van der Waals surface area contributed by atoms with Crippen LogP contribution >= 0.6 is 0 Å². The summed E-state index contributed by atoms with van der Waals surface area (Å²) in [6.45, 7) is 9.56. The Bertz CT molecular complexity index is 457. The van der Waals surface area contributed by atoms with Gasteiger partial charge in [0, 0.05) is 51.6 Å². The summed E-state index contributed by atoms with van der Waals surface area (Å²) in [5.41, 5.74) is 1.17. The molecule has 1 aromatic rings. The zero-order chi connectivity index (χ0) is 16.6. The molecule has 5 heteroatoms. The van der Waals surface area contributed by atoms with E-state index >= 15 is 0 Å². The van der Waals surface area contributed by atoms with Crippen molar-refractivity contribution in [1.82, 2.24) is 14.8 Å². The number of pyridine rings is 1. The Morgan fingerprint density at radius 2 is 2.12 bits per heavy atom. The largest absolute Gasteiger partial charge is 0.353 e. The number of hydrogen-bond acceptors (Lipinski definition) is 5. The fourth-order valence-corrected chi connectivity index (χ4v) is 3.53. The fourth-order valence-electron chi connectivity index (χ4n) is 3.53. The van der Waals surface area contributed by atoms with Crippen LogP contribution in [0.3, 0.4) is 0 Å². The van der Waals surface area contributed by atoms with Gasteiger partial charge in [-0.1, -0.05) is 6.07 Å². The van der Waals surface area contributed by atoms with Crippen molar-refractivity contribution in [1.29, 1.82) is 0 Å². The molecule has 0 radical (unpaired) electrons. The first kappa shape index (κ1) is 17.8. The van der Waals surface area contributed by atoms with Gasteiger partial charge in [-0.15, -0.1) is 0 Å². The van der Waals surface area contributed by atoms with Crippen LogP contribution in [0.1, 0.15) is 44.3 Å². The molecule has 2 atom stereocenters.